The number of rotatable bonds is 10. The second kappa shape index (κ2) is 11.3. The number of aliphatic hydroxyl groups is 1. The molecule has 1 aromatic carbocycles. The average Bonchev–Trinajstić information content (AvgIpc) is 2.70. The van der Waals surface area contributed by atoms with Crippen LogP contribution >= 0.6 is 15.9 Å². The lowest BCUT2D eigenvalue weighted by atomic mass is 10.2. The van der Waals surface area contributed by atoms with Gasteiger partial charge in [-0.3, -0.25) is 0 Å². The number of anilines is 3. The maximum Gasteiger partial charge on any atom is 0.418 e. The minimum absolute atomic E-state index is 0.164. The lowest BCUT2D eigenvalue weighted by Crippen LogP contribution is -2.36. The Bertz CT molecular complexity index is 986. The van der Waals surface area contributed by atoms with E-state index in [9.17, 15) is 14.1 Å². The first kappa shape index (κ1) is 24.9. The van der Waals surface area contributed by atoms with Crippen LogP contribution in [0.1, 0.15) is 13.8 Å². The van der Waals surface area contributed by atoms with E-state index in [2.05, 4.69) is 47.1 Å². The first-order valence-electron chi connectivity index (χ1n) is 9.31. The number of aromatic nitrogens is 2. The summed E-state index contributed by atoms with van der Waals surface area (Å²) in [5.74, 6) is 4.37. The standard InChI is InChI=1S/C19H26BrN5O5S/c1-5-30-19(27)25-31(4,28)14-8-6-13(7-9-14)22-18-21-10-15(20)17(24-18)23-16(11-29-3)12(2)26/h6-10,12,16,26H,4-5,11H2,1-3H3,(H,25,27,28)(H2,21,22,23,24)/t12-,16-,31?/m1/s1. The van der Waals surface area contributed by atoms with Crippen molar-refractivity contribution >= 4 is 55.1 Å². The van der Waals surface area contributed by atoms with E-state index < -0.39 is 21.9 Å². The molecule has 0 fully saturated rings. The summed E-state index contributed by atoms with van der Waals surface area (Å²) in [4.78, 5) is 20.5. The number of ether oxygens (including phenoxy) is 2. The van der Waals surface area contributed by atoms with Gasteiger partial charge in [0.1, 0.15) is 5.82 Å². The molecule has 2 rings (SSSR count). The fourth-order valence-corrected chi connectivity index (χ4v) is 3.75. The third-order valence-electron chi connectivity index (χ3n) is 4.01. The van der Waals surface area contributed by atoms with Gasteiger partial charge in [0.2, 0.25) is 5.95 Å². The van der Waals surface area contributed by atoms with Crippen LogP contribution in [0.5, 0.6) is 0 Å². The lowest BCUT2D eigenvalue weighted by Gasteiger charge is -2.22. The van der Waals surface area contributed by atoms with E-state index >= 15 is 0 Å². The quantitative estimate of drug-likeness (QED) is 0.352. The third kappa shape index (κ3) is 7.35. The number of hydrogen-bond acceptors (Lipinski definition) is 9. The second-order valence-electron chi connectivity index (χ2n) is 6.48. The van der Waals surface area contributed by atoms with E-state index in [-0.39, 0.29) is 12.6 Å². The molecule has 10 nitrogen and oxygen atoms in total. The molecule has 0 spiro atoms. The first-order chi connectivity index (χ1) is 14.7. The van der Waals surface area contributed by atoms with Crippen LogP contribution in [0.3, 0.4) is 0 Å². The number of hydrogen-bond donors (Lipinski definition) is 4. The molecule has 0 aliphatic rings. The molecular formula is C19H26BrN5O5S. The van der Waals surface area contributed by atoms with Crippen LogP contribution in [0, 0.1) is 0 Å². The van der Waals surface area contributed by atoms with Crippen molar-refractivity contribution in [1.29, 1.82) is 0 Å². The molecule has 0 aliphatic heterocycles. The topological polar surface area (TPSA) is 135 Å². The SMILES string of the molecule is C=S(=O)(NC(=O)OCC)c1ccc(Nc2ncc(Br)c(N[C@H](COC)[C@@H](C)O)n2)cc1. The molecule has 1 aromatic heterocycles. The van der Waals surface area contributed by atoms with Crippen molar-refractivity contribution in [2.24, 2.45) is 0 Å². The Balaban J connectivity index is 2.14. The zero-order chi connectivity index (χ0) is 23.0. The van der Waals surface area contributed by atoms with Crippen molar-refractivity contribution < 1.29 is 23.6 Å². The third-order valence-corrected chi connectivity index (χ3v) is 6.12. The van der Waals surface area contributed by atoms with Crippen molar-refractivity contribution in [2.75, 3.05) is 31.0 Å². The van der Waals surface area contributed by atoms with Crippen LogP contribution in [-0.4, -0.2) is 63.7 Å². The van der Waals surface area contributed by atoms with E-state index in [1.807, 2.05) is 0 Å². The normalized spacial score (nSPS) is 14.7. The molecule has 1 heterocycles. The van der Waals surface area contributed by atoms with E-state index in [0.717, 1.165) is 0 Å². The van der Waals surface area contributed by atoms with Gasteiger partial charge >= 0.3 is 6.09 Å². The van der Waals surface area contributed by atoms with Gasteiger partial charge in [-0.1, -0.05) is 0 Å². The van der Waals surface area contributed by atoms with Crippen molar-refractivity contribution in [2.45, 2.75) is 30.9 Å². The van der Waals surface area contributed by atoms with E-state index in [0.29, 0.717) is 33.4 Å². The largest absolute Gasteiger partial charge is 0.449 e. The Hall–Kier alpha value is -2.41. The number of amides is 1. The van der Waals surface area contributed by atoms with Crippen molar-refractivity contribution in [3.8, 4) is 0 Å². The highest BCUT2D eigenvalue weighted by molar-refractivity contribution is 9.10. The number of nitrogens with zero attached hydrogens (tertiary/aromatic N) is 2. The summed E-state index contributed by atoms with van der Waals surface area (Å²) in [7, 11) is -1.50. The smallest absolute Gasteiger partial charge is 0.418 e. The summed E-state index contributed by atoms with van der Waals surface area (Å²) in [6, 6.07) is 6.11. The van der Waals surface area contributed by atoms with Crippen molar-refractivity contribution in [3.63, 3.8) is 0 Å². The van der Waals surface area contributed by atoms with Gasteiger partial charge in [0, 0.05) is 23.9 Å². The molecular weight excluding hydrogens is 490 g/mol. The molecule has 0 saturated heterocycles. The summed E-state index contributed by atoms with van der Waals surface area (Å²) in [5, 5.41) is 16.1. The summed E-state index contributed by atoms with van der Waals surface area (Å²) in [5.41, 5.74) is 0.632. The number of carbonyl (C=O) groups is 1. The molecule has 0 radical (unpaired) electrons. The number of aliphatic hydroxyl groups excluding tert-OH is 1. The molecule has 1 amide bonds. The highest BCUT2D eigenvalue weighted by Crippen LogP contribution is 2.24. The van der Waals surface area contributed by atoms with Crippen molar-refractivity contribution in [3.05, 3.63) is 34.9 Å². The summed E-state index contributed by atoms with van der Waals surface area (Å²) >= 11 is 3.39. The van der Waals surface area contributed by atoms with Gasteiger partial charge in [0.05, 0.1) is 39.5 Å². The maximum atomic E-state index is 12.6. The van der Waals surface area contributed by atoms with Crippen LogP contribution in [0.4, 0.5) is 22.2 Å². The number of methoxy groups -OCH3 is 1. The molecule has 0 aliphatic carbocycles. The van der Waals surface area contributed by atoms with Crippen LogP contribution in [0.2, 0.25) is 0 Å². The van der Waals surface area contributed by atoms with Crippen molar-refractivity contribution in [1.82, 2.24) is 14.7 Å². The van der Waals surface area contributed by atoms with Gasteiger partial charge in [0.25, 0.3) is 0 Å². The zero-order valence-corrected chi connectivity index (χ0v) is 19.8. The second-order valence-corrected chi connectivity index (χ2v) is 9.36. The van der Waals surface area contributed by atoms with Crippen LogP contribution in [0.25, 0.3) is 0 Å². The number of benzene rings is 1. The van der Waals surface area contributed by atoms with Crippen LogP contribution in [0.15, 0.2) is 39.8 Å². The van der Waals surface area contributed by atoms with Gasteiger partial charge < -0.3 is 25.2 Å². The molecule has 4 N–H and O–H groups in total. The molecule has 1 unspecified atom stereocenters. The van der Waals surface area contributed by atoms with Gasteiger partial charge in [-0.2, -0.15) is 4.98 Å². The Labute approximate surface area is 190 Å². The molecule has 31 heavy (non-hydrogen) atoms. The highest BCUT2D eigenvalue weighted by atomic mass is 79.9. The minimum atomic E-state index is -3.05. The minimum Gasteiger partial charge on any atom is -0.449 e. The predicted molar refractivity (Wildman–Crippen MR) is 124 cm³/mol. The van der Waals surface area contributed by atoms with Crippen LogP contribution < -0.4 is 15.4 Å². The molecule has 0 bridgehead atoms. The maximum absolute atomic E-state index is 12.6. The van der Waals surface area contributed by atoms with E-state index in [1.54, 1.807) is 51.4 Å². The number of halogens is 1. The number of carbonyl (C=O) groups excluding carboxylic acids is 1. The fourth-order valence-electron chi connectivity index (χ4n) is 2.43. The lowest BCUT2D eigenvalue weighted by molar-refractivity contribution is 0.106. The monoisotopic (exact) mass is 515 g/mol. The van der Waals surface area contributed by atoms with Gasteiger partial charge in [-0.15, -0.1) is 0 Å². The Morgan fingerprint density at radius 3 is 2.61 bits per heavy atom. The summed E-state index contributed by atoms with van der Waals surface area (Å²) in [6.07, 6.45) is 0.118. The summed E-state index contributed by atoms with van der Waals surface area (Å²) < 4.78 is 25.4. The van der Waals surface area contributed by atoms with E-state index in [4.69, 9.17) is 9.47 Å². The Morgan fingerprint density at radius 1 is 1.35 bits per heavy atom. The molecule has 2 aromatic rings. The average molecular weight is 516 g/mol. The molecule has 3 atom stereocenters. The van der Waals surface area contributed by atoms with Gasteiger partial charge in [-0.25, -0.2) is 18.7 Å². The van der Waals surface area contributed by atoms with Gasteiger partial charge in [0.15, 0.2) is 0 Å². The summed E-state index contributed by atoms with van der Waals surface area (Å²) in [6.45, 7) is 3.77. The highest BCUT2D eigenvalue weighted by Gasteiger charge is 2.17. The Morgan fingerprint density at radius 2 is 2.03 bits per heavy atom. The fraction of sp³-hybridized carbons (Fsp3) is 0.368. The Kier molecular flexibility index (Phi) is 9.04. The molecule has 0 saturated carbocycles. The van der Waals surface area contributed by atoms with Crippen LogP contribution in [-0.2, 0) is 19.2 Å². The molecule has 12 heteroatoms. The van der Waals surface area contributed by atoms with E-state index in [1.165, 1.54) is 0 Å². The number of nitrogens with one attached hydrogen (secondary N) is 3. The molecule has 170 valence electrons. The predicted octanol–water partition coefficient (Wildman–Crippen LogP) is 2.53. The first-order valence-corrected chi connectivity index (χ1v) is 11.8. The zero-order valence-electron chi connectivity index (χ0n) is 17.4. The van der Waals surface area contributed by atoms with Gasteiger partial charge in [-0.05, 0) is 59.9 Å².